The normalized spacial score (nSPS) is 14.7. The van der Waals surface area contributed by atoms with Crippen LogP contribution in [0.25, 0.3) is 0 Å². The highest BCUT2D eigenvalue weighted by Gasteiger charge is 2.22. The first-order valence-electron chi connectivity index (χ1n) is 9.69. The largest absolute Gasteiger partial charge is 0.452 e. The topological polar surface area (TPSA) is 73.2 Å². The van der Waals surface area contributed by atoms with Gasteiger partial charge in [-0.05, 0) is 38.3 Å². The van der Waals surface area contributed by atoms with Crippen LogP contribution in [-0.4, -0.2) is 34.3 Å². The molecular weight excluding hydrogens is 378 g/mol. The molecule has 7 heteroatoms. The van der Waals surface area contributed by atoms with Crippen LogP contribution in [0, 0.1) is 13.8 Å². The van der Waals surface area contributed by atoms with Gasteiger partial charge in [0.2, 0.25) is 0 Å². The van der Waals surface area contributed by atoms with Gasteiger partial charge in [0.05, 0.1) is 17.9 Å². The predicted molar refractivity (Wildman–Crippen MR) is 108 cm³/mol. The standard InChI is InChI=1S/C21H26ClN3O3/c1-14-20(15(2)25(24-14)12-16-8-6-7-11-18(16)22)21(27)28-13-19(26)23-17-9-4-3-5-10-17/h6-8,11,17H,3-5,9-10,12-13H2,1-2H3,(H,23,26). The molecule has 1 aliphatic rings. The highest BCUT2D eigenvalue weighted by molar-refractivity contribution is 6.31. The van der Waals surface area contributed by atoms with Crippen LogP contribution in [0.15, 0.2) is 24.3 Å². The van der Waals surface area contributed by atoms with Gasteiger partial charge >= 0.3 is 5.97 Å². The molecule has 0 unspecified atom stereocenters. The van der Waals surface area contributed by atoms with Gasteiger partial charge in [-0.15, -0.1) is 0 Å². The first-order chi connectivity index (χ1) is 13.5. The number of hydrogen-bond donors (Lipinski definition) is 1. The molecule has 0 aliphatic heterocycles. The van der Waals surface area contributed by atoms with E-state index in [9.17, 15) is 9.59 Å². The van der Waals surface area contributed by atoms with Gasteiger partial charge in [-0.2, -0.15) is 5.10 Å². The number of halogens is 1. The monoisotopic (exact) mass is 403 g/mol. The molecule has 0 spiro atoms. The van der Waals surface area contributed by atoms with E-state index in [2.05, 4.69) is 10.4 Å². The highest BCUT2D eigenvalue weighted by Crippen LogP contribution is 2.20. The summed E-state index contributed by atoms with van der Waals surface area (Å²) in [5, 5.41) is 8.04. The molecule has 0 radical (unpaired) electrons. The first kappa shape index (κ1) is 20.4. The lowest BCUT2D eigenvalue weighted by Crippen LogP contribution is -2.38. The maximum atomic E-state index is 12.5. The second-order valence-corrected chi connectivity index (χ2v) is 7.68. The molecular formula is C21H26ClN3O3. The van der Waals surface area contributed by atoms with Gasteiger partial charge < -0.3 is 10.1 Å². The highest BCUT2D eigenvalue weighted by atomic mass is 35.5. The number of amides is 1. The number of nitrogens with zero attached hydrogens (tertiary/aromatic N) is 2. The van der Waals surface area contributed by atoms with Crippen molar-refractivity contribution in [2.45, 2.75) is 58.5 Å². The number of carbonyl (C=O) groups is 2. The van der Waals surface area contributed by atoms with Crippen molar-refractivity contribution in [2.24, 2.45) is 0 Å². The molecule has 1 N–H and O–H groups in total. The first-order valence-corrected chi connectivity index (χ1v) is 10.1. The molecule has 1 fully saturated rings. The molecule has 1 heterocycles. The second kappa shape index (κ2) is 9.24. The molecule has 0 bridgehead atoms. The Hall–Kier alpha value is -2.34. The van der Waals surface area contributed by atoms with Gasteiger partial charge in [0.15, 0.2) is 6.61 Å². The molecule has 6 nitrogen and oxygen atoms in total. The fourth-order valence-corrected chi connectivity index (χ4v) is 3.85. The fourth-order valence-electron chi connectivity index (χ4n) is 3.65. The van der Waals surface area contributed by atoms with Crippen LogP contribution in [0.3, 0.4) is 0 Å². The summed E-state index contributed by atoms with van der Waals surface area (Å²) in [4.78, 5) is 24.6. The lowest BCUT2D eigenvalue weighted by Gasteiger charge is -2.22. The minimum absolute atomic E-state index is 0.196. The summed E-state index contributed by atoms with van der Waals surface area (Å²) in [6, 6.07) is 7.72. The van der Waals surface area contributed by atoms with Crippen molar-refractivity contribution in [1.29, 1.82) is 0 Å². The lowest BCUT2D eigenvalue weighted by molar-refractivity contribution is -0.125. The van der Waals surface area contributed by atoms with E-state index in [0.717, 1.165) is 31.2 Å². The third kappa shape index (κ3) is 4.93. The average Bonchev–Trinajstić information content (AvgIpc) is 2.96. The van der Waals surface area contributed by atoms with Crippen molar-refractivity contribution in [1.82, 2.24) is 15.1 Å². The van der Waals surface area contributed by atoms with Crippen LogP contribution in [0.1, 0.15) is 59.4 Å². The van der Waals surface area contributed by atoms with Crippen molar-refractivity contribution in [3.8, 4) is 0 Å². The van der Waals surface area contributed by atoms with Crippen molar-refractivity contribution < 1.29 is 14.3 Å². The molecule has 0 atom stereocenters. The molecule has 1 aliphatic carbocycles. The Labute approximate surface area is 170 Å². The summed E-state index contributed by atoms with van der Waals surface area (Å²) in [6.07, 6.45) is 5.47. The molecule has 2 aromatic rings. The molecule has 1 aromatic heterocycles. The van der Waals surface area contributed by atoms with Gasteiger partial charge in [0.25, 0.3) is 5.91 Å². The Bertz CT molecular complexity index is 857. The van der Waals surface area contributed by atoms with Gasteiger partial charge in [0, 0.05) is 11.1 Å². The summed E-state index contributed by atoms with van der Waals surface area (Å²) >= 11 is 6.22. The number of rotatable bonds is 6. The zero-order valence-electron chi connectivity index (χ0n) is 16.3. The Morgan fingerprint density at radius 3 is 2.64 bits per heavy atom. The van der Waals surface area contributed by atoms with Crippen molar-refractivity contribution in [3.63, 3.8) is 0 Å². The van der Waals surface area contributed by atoms with E-state index in [1.807, 2.05) is 31.2 Å². The molecule has 3 rings (SSSR count). The van der Waals surface area contributed by atoms with Crippen molar-refractivity contribution >= 4 is 23.5 Å². The molecule has 150 valence electrons. The lowest BCUT2D eigenvalue weighted by atomic mass is 9.95. The van der Waals surface area contributed by atoms with Crippen LogP contribution < -0.4 is 5.32 Å². The Balaban J connectivity index is 1.61. The maximum absolute atomic E-state index is 12.5. The summed E-state index contributed by atoms with van der Waals surface area (Å²) in [7, 11) is 0. The Kier molecular flexibility index (Phi) is 6.73. The van der Waals surface area contributed by atoms with E-state index in [-0.39, 0.29) is 18.6 Å². The minimum Gasteiger partial charge on any atom is -0.452 e. The number of ether oxygens (including phenoxy) is 1. The summed E-state index contributed by atoms with van der Waals surface area (Å²) < 4.78 is 6.98. The van der Waals surface area contributed by atoms with Crippen LogP contribution in [0.2, 0.25) is 5.02 Å². The predicted octanol–water partition coefficient (Wildman–Crippen LogP) is 3.81. The number of esters is 1. The Morgan fingerprint density at radius 1 is 1.21 bits per heavy atom. The van der Waals surface area contributed by atoms with Crippen LogP contribution in [0.4, 0.5) is 0 Å². The zero-order chi connectivity index (χ0) is 20.1. The van der Waals surface area contributed by atoms with Gasteiger partial charge in [-0.3, -0.25) is 9.48 Å². The van der Waals surface area contributed by atoms with E-state index in [0.29, 0.717) is 28.5 Å². The zero-order valence-corrected chi connectivity index (χ0v) is 17.1. The van der Waals surface area contributed by atoms with E-state index in [1.54, 1.807) is 11.6 Å². The second-order valence-electron chi connectivity index (χ2n) is 7.27. The number of aryl methyl sites for hydroxylation is 1. The van der Waals surface area contributed by atoms with E-state index in [4.69, 9.17) is 16.3 Å². The smallest absolute Gasteiger partial charge is 0.342 e. The van der Waals surface area contributed by atoms with E-state index in [1.165, 1.54) is 6.42 Å². The molecule has 1 amide bonds. The van der Waals surface area contributed by atoms with Crippen LogP contribution in [0.5, 0.6) is 0 Å². The number of benzene rings is 1. The SMILES string of the molecule is Cc1nn(Cc2ccccc2Cl)c(C)c1C(=O)OCC(=O)NC1CCCCC1. The Morgan fingerprint density at radius 2 is 1.93 bits per heavy atom. The van der Waals surface area contributed by atoms with Crippen molar-refractivity contribution in [3.05, 3.63) is 51.8 Å². The molecule has 1 aromatic carbocycles. The third-order valence-electron chi connectivity index (χ3n) is 5.17. The van der Waals surface area contributed by atoms with Crippen LogP contribution >= 0.6 is 11.6 Å². The number of nitrogens with one attached hydrogen (secondary N) is 1. The summed E-state index contributed by atoms with van der Waals surface area (Å²) in [5.41, 5.74) is 2.58. The van der Waals surface area contributed by atoms with Crippen LogP contribution in [-0.2, 0) is 16.1 Å². The van der Waals surface area contributed by atoms with E-state index < -0.39 is 5.97 Å². The van der Waals surface area contributed by atoms with Crippen molar-refractivity contribution in [2.75, 3.05) is 6.61 Å². The number of aromatic nitrogens is 2. The maximum Gasteiger partial charge on any atom is 0.342 e. The quantitative estimate of drug-likeness (QED) is 0.744. The third-order valence-corrected chi connectivity index (χ3v) is 5.54. The molecule has 1 saturated carbocycles. The van der Waals surface area contributed by atoms with Gasteiger partial charge in [0.1, 0.15) is 5.56 Å². The molecule has 0 saturated heterocycles. The van der Waals surface area contributed by atoms with E-state index >= 15 is 0 Å². The minimum atomic E-state index is -0.529. The number of carbonyl (C=O) groups excluding carboxylic acids is 2. The fraction of sp³-hybridized carbons (Fsp3) is 0.476. The molecule has 28 heavy (non-hydrogen) atoms. The van der Waals surface area contributed by atoms with Gasteiger partial charge in [-0.25, -0.2) is 4.79 Å². The summed E-state index contributed by atoms with van der Waals surface area (Å²) in [6.45, 7) is 3.76. The van der Waals surface area contributed by atoms with Gasteiger partial charge in [-0.1, -0.05) is 49.1 Å². The number of hydrogen-bond acceptors (Lipinski definition) is 4. The average molecular weight is 404 g/mol. The summed E-state index contributed by atoms with van der Waals surface area (Å²) in [5.74, 6) is -0.779.